The van der Waals surface area contributed by atoms with Crippen molar-refractivity contribution in [3.63, 3.8) is 0 Å². The van der Waals surface area contributed by atoms with E-state index in [1.165, 1.54) is 5.57 Å². The average molecular weight is 180 g/mol. The molecule has 0 heteroatoms. The Balaban J connectivity index is 3.00. The van der Waals surface area contributed by atoms with Crippen molar-refractivity contribution in [2.45, 2.75) is 41.5 Å². The van der Waals surface area contributed by atoms with Crippen molar-refractivity contribution in [2.75, 3.05) is 0 Å². The second-order valence-corrected chi connectivity index (χ2v) is 5.55. The van der Waals surface area contributed by atoms with Gasteiger partial charge in [0.2, 0.25) is 0 Å². The summed E-state index contributed by atoms with van der Waals surface area (Å²) in [6, 6.07) is 0. The van der Waals surface area contributed by atoms with E-state index in [1.54, 1.807) is 0 Å². The minimum atomic E-state index is 0.458. The van der Waals surface area contributed by atoms with Crippen LogP contribution in [0.25, 0.3) is 0 Å². The molecular weight excluding hydrogens is 156 g/mol. The lowest BCUT2D eigenvalue weighted by molar-refractivity contribution is 0.0417. The normalized spacial score (nSPS) is 44.9. The molecule has 13 heavy (non-hydrogen) atoms. The van der Waals surface area contributed by atoms with Gasteiger partial charge in [0.25, 0.3) is 0 Å². The summed E-state index contributed by atoms with van der Waals surface area (Å²) >= 11 is 0. The Bertz CT molecular complexity index is 192. The van der Waals surface area contributed by atoms with Crippen molar-refractivity contribution < 1.29 is 0 Å². The molecule has 0 N–H and O–H groups in total. The number of allylic oxidation sites excluding steroid dienone is 1. The van der Waals surface area contributed by atoms with Crippen LogP contribution in [0.3, 0.4) is 0 Å². The van der Waals surface area contributed by atoms with Crippen LogP contribution >= 0.6 is 0 Å². The zero-order chi connectivity index (χ0) is 10.4. The summed E-state index contributed by atoms with van der Waals surface area (Å²) in [4.78, 5) is 0. The molecule has 0 aromatic rings. The molecule has 0 amide bonds. The third-order valence-corrected chi connectivity index (χ3v) is 5.02. The van der Waals surface area contributed by atoms with Gasteiger partial charge in [-0.15, -0.1) is 0 Å². The van der Waals surface area contributed by atoms with Gasteiger partial charge in [0.15, 0.2) is 0 Å². The van der Waals surface area contributed by atoms with E-state index in [4.69, 9.17) is 0 Å². The molecule has 4 atom stereocenters. The molecule has 1 aliphatic rings. The van der Waals surface area contributed by atoms with Crippen LogP contribution in [0.15, 0.2) is 12.2 Å². The van der Waals surface area contributed by atoms with Crippen molar-refractivity contribution in [1.82, 2.24) is 0 Å². The number of hydrogen-bond donors (Lipinski definition) is 0. The zero-order valence-electron chi connectivity index (χ0n) is 10.0. The molecule has 0 bridgehead atoms. The predicted molar refractivity (Wildman–Crippen MR) is 59.6 cm³/mol. The van der Waals surface area contributed by atoms with Gasteiger partial charge in [-0.3, -0.25) is 0 Å². The lowest BCUT2D eigenvalue weighted by atomic mass is 9.55. The van der Waals surface area contributed by atoms with Crippen molar-refractivity contribution in [3.8, 4) is 0 Å². The van der Waals surface area contributed by atoms with Crippen molar-refractivity contribution >= 4 is 0 Å². The molecule has 4 unspecified atom stereocenters. The molecule has 1 rings (SSSR count). The maximum absolute atomic E-state index is 4.24. The highest BCUT2D eigenvalue weighted by Gasteiger charge is 2.44. The molecule has 0 aromatic heterocycles. The van der Waals surface area contributed by atoms with Crippen LogP contribution in [0.5, 0.6) is 0 Å². The Hall–Kier alpha value is -0.260. The smallest absolute Gasteiger partial charge is 0.0201 e. The third kappa shape index (κ3) is 1.45. The Morgan fingerprint density at radius 2 is 1.23 bits per heavy atom. The second-order valence-electron chi connectivity index (χ2n) is 5.55. The van der Waals surface area contributed by atoms with E-state index in [9.17, 15) is 0 Å². The van der Waals surface area contributed by atoms with Crippen LogP contribution in [0, 0.1) is 29.1 Å². The topological polar surface area (TPSA) is 0 Å². The van der Waals surface area contributed by atoms with Crippen LogP contribution in [0.1, 0.15) is 41.5 Å². The highest BCUT2D eigenvalue weighted by molar-refractivity contribution is 5.13. The summed E-state index contributed by atoms with van der Waals surface area (Å²) in [5.41, 5.74) is 1.92. The summed E-state index contributed by atoms with van der Waals surface area (Å²) in [5, 5.41) is 0. The summed E-state index contributed by atoms with van der Waals surface area (Å²) in [6.45, 7) is 18.5. The highest BCUT2D eigenvalue weighted by atomic mass is 14.5. The molecule has 0 aliphatic heterocycles. The molecule has 1 aliphatic carbocycles. The molecule has 0 aromatic carbocycles. The van der Waals surface area contributed by atoms with Gasteiger partial charge in [0.05, 0.1) is 0 Å². The van der Waals surface area contributed by atoms with E-state index >= 15 is 0 Å². The van der Waals surface area contributed by atoms with Crippen LogP contribution in [0.4, 0.5) is 0 Å². The van der Waals surface area contributed by atoms with Crippen LogP contribution in [0.2, 0.25) is 0 Å². The van der Waals surface area contributed by atoms with Gasteiger partial charge < -0.3 is 0 Å². The molecule has 0 radical (unpaired) electrons. The van der Waals surface area contributed by atoms with E-state index in [-0.39, 0.29) is 0 Å². The Labute approximate surface area is 83.4 Å². The summed E-state index contributed by atoms with van der Waals surface area (Å²) in [5.74, 6) is 2.87. The van der Waals surface area contributed by atoms with Gasteiger partial charge in [0.1, 0.15) is 0 Å². The molecule has 0 nitrogen and oxygen atoms in total. The quantitative estimate of drug-likeness (QED) is 0.492. The maximum atomic E-state index is 4.24. The second kappa shape index (κ2) is 3.15. The van der Waals surface area contributed by atoms with Crippen LogP contribution < -0.4 is 0 Å². The fraction of sp³-hybridized carbons (Fsp3) is 0.846. The first-order valence-electron chi connectivity index (χ1n) is 5.48. The lowest BCUT2D eigenvalue weighted by Crippen LogP contribution is -2.43. The molecule has 0 heterocycles. The Morgan fingerprint density at radius 3 is 1.54 bits per heavy atom. The molecule has 0 saturated heterocycles. The third-order valence-electron chi connectivity index (χ3n) is 5.02. The molecule has 0 spiro atoms. The van der Waals surface area contributed by atoms with Gasteiger partial charge in [-0.2, -0.15) is 0 Å². The SMILES string of the molecule is C=C1C(C)C(C)C(C)(C)C(C)C1C. The average Bonchev–Trinajstić information content (AvgIpc) is 2.09. The molecule has 1 saturated carbocycles. The predicted octanol–water partition coefficient (Wildman–Crippen LogP) is 4.13. The van der Waals surface area contributed by atoms with Crippen molar-refractivity contribution in [3.05, 3.63) is 12.2 Å². The van der Waals surface area contributed by atoms with E-state index in [0.717, 1.165) is 11.8 Å². The Kier molecular flexibility index (Phi) is 2.62. The molecule has 76 valence electrons. The van der Waals surface area contributed by atoms with Gasteiger partial charge >= 0.3 is 0 Å². The first-order chi connectivity index (χ1) is 5.80. The van der Waals surface area contributed by atoms with Crippen molar-refractivity contribution in [2.24, 2.45) is 29.1 Å². The van der Waals surface area contributed by atoms with Gasteiger partial charge in [0, 0.05) is 0 Å². The van der Waals surface area contributed by atoms with Crippen molar-refractivity contribution in [1.29, 1.82) is 0 Å². The number of hydrogen-bond acceptors (Lipinski definition) is 0. The maximum Gasteiger partial charge on any atom is -0.0201 e. The highest BCUT2D eigenvalue weighted by Crippen LogP contribution is 2.51. The van der Waals surface area contributed by atoms with Gasteiger partial charge in [-0.1, -0.05) is 53.7 Å². The van der Waals surface area contributed by atoms with Crippen LogP contribution in [-0.2, 0) is 0 Å². The van der Waals surface area contributed by atoms with E-state index in [1.807, 2.05) is 0 Å². The monoisotopic (exact) mass is 180 g/mol. The standard InChI is InChI=1S/C13H24/c1-8-9(2)11(4)13(6,7)12(5)10(8)3/h9-12H,1H2,2-7H3. The lowest BCUT2D eigenvalue weighted by Gasteiger charge is -2.50. The first-order valence-corrected chi connectivity index (χ1v) is 5.48. The summed E-state index contributed by atoms with van der Waals surface area (Å²) in [6.07, 6.45) is 0. The molecular formula is C13H24. The van der Waals surface area contributed by atoms with Crippen LogP contribution in [-0.4, -0.2) is 0 Å². The fourth-order valence-corrected chi connectivity index (χ4v) is 2.76. The Morgan fingerprint density at radius 1 is 0.923 bits per heavy atom. The van der Waals surface area contributed by atoms with E-state index in [2.05, 4.69) is 48.1 Å². The summed E-state index contributed by atoms with van der Waals surface area (Å²) in [7, 11) is 0. The summed E-state index contributed by atoms with van der Waals surface area (Å²) < 4.78 is 0. The largest absolute Gasteiger partial charge is 0.0993 e. The van der Waals surface area contributed by atoms with Gasteiger partial charge in [-0.05, 0) is 29.1 Å². The molecule has 1 fully saturated rings. The van der Waals surface area contributed by atoms with E-state index < -0.39 is 0 Å². The fourth-order valence-electron chi connectivity index (χ4n) is 2.76. The first kappa shape index (κ1) is 10.8. The number of rotatable bonds is 0. The minimum absolute atomic E-state index is 0.458. The minimum Gasteiger partial charge on any atom is -0.0993 e. The van der Waals surface area contributed by atoms with Gasteiger partial charge in [-0.25, -0.2) is 0 Å². The zero-order valence-corrected chi connectivity index (χ0v) is 10.0. The van der Waals surface area contributed by atoms with E-state index in [0.29, 0.717) is 17.3 Å².